The van der Waals surface area contributed by atoms with E-state index in [0.29, 0.717) is 4.64 Å². The molecule has 2 aromatic carbocycles. The van der Waals surface area contributed by atoms with E-state index in [0.717, 1.165) is 33.3 Å². The maximum Gasteiger partial charge on any atom is 0.127 e. The van der Waals surface area contributed by atoms with Crippen molar-refractivity contribution in [2.75, 3.05) is 7.11 Å². The Morgan fingerprint density at radius 2 is 1.85 bits per heavy atom. The molecule has 0 radical (unpaired) electrons. The summed E-state index contributed by atoms with van der Waals surface area (Å²) in [6.45, 7) is 2.05. The Kier molecular flexibility index (Phi) is 3.24. The Morgan fingerprint density at radius 3 is 2.55 bits per heavy atom. The summed E-state index contributed by atoms with van der Waals surface area (Å²) in [5, 5.41) is 9.43. The van der Waals surface area contributed by atoms with Crippen LogP contribution in [0.5, 0.6) is 5.75 Å². The molecule has 0 saturated carbocycles. The Labute approximate surface area is 122 Å². The van der Waals surface area contributed by atoms with E-state index >= 15 is 0 Å². The number of methoxy groups -OCH3 is 1. The normalized spacial score (nSPS) is 10.7. The highest BCUT2D eigenvalue weighted by Gasteiger charge is 2.09. The highest BCUT2D eigenvalue weighted by atomic mass is 32.1. The maximum atomic E-state index is 5.30. The van der Waals surface area contributed by atoms with E-state index in [-0.39, 0.29) is 0 Å². The third kappa shape index (κ3) is 2.08. The van der Waals surface area contributed by atoms with E-state index < -0.39 is 0 Å². The lowest BCUT2D eigenvalue weighted by Gasteiger charge is -2.10. The van der Waals surface area contributed by atoms with Crippen molar-refractivity contribution in [1.82, 2.24) is 10.2 Å². The van der Waals surface area contributed by atoms with E-state index in [9.17, 15) is 0 Å². The van der Waals surface area contributed by atoms with Gasteiger partial charge in [0.15, 0.2) is 0 Å². The molecule has 3 aromatic rings. The number of aromatic amines is 1. The second-order valence-electron chi connectivity index (χ2n) is 4.63. The molecule has 1 N–H and O–H groups in total. The first-order valence-corrected chi connectivity index (χ1v) is 6.74. The summed E-state index contributed by atoms with van der Waals surface area (Å²) in [6.07, 6.45) is 0. The minimum atomic E-state index is 0.663. The van der Waals surface area contributed by atoms with Gasteiger partial charge in [-0.25, -0.2) is 0 Å². The molecule has 0 bridgehead atoms. The van der Waals surface area contributed by atoms with E-state index in [1.807, 2.05) is 42.5 Å². The van der Waals surface area contributed by atoms with Gasteiger partial charge >= 0.3 is 0 Å². The lowest BCUT2D eigenvalue weighted by atomic mass is 10.0. The molecule has 0 unspecified atom stereocenters. The van der Waals surface area contributed by atoms with Crippen LogP contribution in [0.1, 0.15) is 5.56 Å². The first-order chi connectivity index (χ1) is 9.70. The number of fused-ring (bicyclic) bond motifs is 1. The second kappa shape index (κ2) is 5.06. The van der Waals surface area contributed by atoms with Crippen molar-refractivity contribution in [2.45, 2.75) is 6.92 Å². The van der Waals surface area contributed by atoms with E-state index in [2.05, 4.69) is 17.1 Å². The van der Waals surface area contributed by atoms with Crippen molar-refractivity contribution in [3.05, 3.63) is 52.7 Å². The number of hydrogen-bond acceptors (Lipinski definition) is 3. The van der Waals surface area contributed by atoms with Gasteiger partial charge in [0.25, 0.3) is 0 Å². The Hall–Kier alpha value is -2.20. The van der Waals surface area contributed by atoms with E-state index in [1.165, 1.54) is 0 Å². The number of rotatable bonds is 2. The third-order valence-electron chi connectivity index (χ3n) is 3.38. The monoisotopic (exact) mass is 282 g/mol. The standard InChI is InChI=1S/C16H14N2OS/c1-10-9-11(19-2)7-8-12(10)15-13-5-3-4-6-14(13)16(20)18-17-15/h3-9H,1-2H3,(H,18,20). The van der Waals surface area contributed by atoms with Gasteiger partial charge in [-0.3, -0.25) is 5.10 Å². The number of benzene rings is 2. The third-order valence-corrected chi connectivity index (χ3v) is 3.70. The van der Waals surface area contributed by atoms with Crippen LogP contribution < -0.4 is 4.74 Å². The summed E-state index contributed by atoms with van der Waals surface area (Å²) in [5.74, 6) is 0.847. The van der Waals surface area contributed by atoms with Crippen molar-refractivity contribution >= 4 is 23.0 Å². The van der Waals surface area contributed by atoms with Gasteiger partial charge in [0.2, 0.25) is 0 Å². The largest absolute Gasteiger partial charge is 0.497 e. The molecule has 0 atom stereocenters. The minimum Gasteiger partial charge on any atom is -0.497 e. The molecule has 0 aliphatic heterocycles. The quantitative estimate of drug-likeness (QED) is 0.713. The lowest BCUT2D eigenvalue weighted by molar-refractivity contribution is 0.414. The van der Waals surface area contributed by atoms with Crippen LogP contribution >= 0.6 is 12.2 Å². The van der Waals surface area contributed by atoms with Crippen LogP contribution in [-0.4, -0.2) is 17.3 Å². The molecule has 0 amide bonds. The summed E-state index contributed by atoms with van der Waals surface area (Å²) in [6, 6.07) is 14.0. The average Bonchev–Trinajstić information content (AvgIpc) is 2.48. The summed E-state index contributed by atoms with van der Waals surface area (Å²) in [5.41, 5.74) is 3.11. The zero-order valence-corrected chi connectivity index (χ0v) is 12.1. The van der Waals surface area contributed by atoms with Gasteiger partial charge in [0, 0.05) is 16.3 Å². The van der Waals surface area contributed by atoms with E-state index in [4.69, 9.17) is 17.0 Å². The zero-order chi connectivity index (χ0) is 14.1. The molecule has 1 aromatic heterocycles. The van der Waals surface area contributed by atoms with Crippen LogP contribution in [-0.2, 0) is 0 Å². The highest BCUT2D eigenvalue weighted by Crippen LogP contribution is 2.30. The second-order valence-corrected chi connectivity index (χ2v) is 5.04. The van der Waals surface area contributed by atoms with Gasteiger partial charge in [-0.15, -0.1) is 0 Å². The molecule has 20 heavy (non-hydrogen) atoms. The van der Waals surface area contributed by atoms with Crippen LogP contribution in [0.15, 0.2) is 42.5 Å². The Balaban J connectivity index is 2.30. The molecular formula is C16H14N2OS. The molecule has 4 heteroatoms. The molecule has 1 heterocycles. The molecular weight excluding hydrogens is 268 g/mol. The first kappa shape index (κ1) is 12.8. The fourth-order valence-electron chi connectivity index (χ4n) is 2.35. The number of aromatic nitrogens is 2. The molecule has 3 rings (SSSR count). The van der Waals surface area contributed by atoms with Crippen LogP contribution in [0, 0.1) is 11.6 Å². The predicted octanol–water partition coefficient (Wildman–Crippen LogP) is 4.28. The molecule has 0 aliphatic rings. The number of hydrogen-bond donors (Lipinski definition) is 1. The number of nitrogens with one attached hydrogen (secondary N) is 1. The summed E-state index contributed by atoms with van der Waals surface area (Å²) in [7, 11) is 1.67. The Bertz CT molecular complexity index is 839. The van der Waals surface area contributed by atoms with Crippen molar-refractivity contribution in [3.8, 4) is 17.0 Å². The van der Waals surface area contributed by atoms with Crippen molar-refractivity contribution < 1.29 is 4.74 Å². The average molecular weight is 282 g/mol. The smallest absolute Gasteiger partial charge is 0.127 e. The van der Waals surface area contributed by atoms with Crippen LogP contribution in [0.4, 0.5) is 0 Å². The summed E-state index contributed by atoms with van der Waals surface area (Å²) >= 11 is 5.30. The van der Waals surface area contributed by atoms with Crippen LogP contribution in [0.25, 0.3) is 22.0 Å². The molecule has 0 aliphatic carbocycles. The minimum absolute atomic E-state index is 0.663. The molecule has 0 saturated heterocycles. The summed E-state index contributed by atoms with van der Waals surface area (Å²) < 4.78 is 5.91. The van der Waals surface area contributed by atoms with Crippen molar-refractivity contribution in [1.29, 1.82) is 0 Å². The van der Waals surface area contributed by atoms with Gasteiger partial charge in [-0.05, 0) is 30.7 Å². The number of nitrogens with zero attached hydrogens (tertiary/aromatic N) is 1. The molecule has 0 spiro atoms. The first-order valence-electron chi connectivity index (χ1n) is 6.33. The van der Waals surface area contributed by atoms with Gasteiger partial charge < -0.3 is 4.74 Å². The van der Waals surface area contributed by atoms with Crippen molar-refractivity contribution in [3.63, 3.8) is 0 Å². The maximum absolute atomic E-state index is 5.30. The Morgan fingerprint density at radius 1 is 1.10 bits per heavy atom. The topological polar surface area (TPSA) is 37.9 Å². The zero-order valence-electron chi connectivity index (χ0n) is 11.3. The fraction of sp³-hybridized carbons (Fsp3) is 0.125. The number of aryl methyl sites for hydroxylation is 1. The van der Waals surface area contributed by atoms with Gasteiger partial charge in [-0.2, -0.15) is 5.10 Å². The number of H-pyrrole nitrogens is 1. The number of ether oxygens (including phenoxy) is 1. The SMILES string of the molecule is COc1ccc(-c2n[nH]c(=S)c3ccccc23)c(C)c1. The molecule has 100 valence electrons. The van der Waals surface area contributed by atoms with E-state index in [1.54, 1.807) is 7.11 Å². The molecule has 0 fully saturated rings. The van der Waals surface area contributed by atoms with Gasteiger partial charge in [0.1, 0.15) is 10.4 Å². The van der Waals surface area contributed by atoms with Crippen LogP contribution in [0.2, 0.25) is 0 Å². The fourth-order valence-corrected chi connectivity index (χ4v) is 2.57. The predicted molar refractivity (Wildman–Crippen MR) is 83.7 cm³/mol. The molecule has 3 nitrogen and oxygen atoms in total. The lowest BCUT2D eigenvalue weighted by Crippen LogP contribution is -1.94. The van der Waals surface area contributed by atoms with Crippen LogP contribution in [0.3, 0.4) is 0 Å². The van der Waals surface area contributed by atoms with Gasteiger partial charge in [0.05, 0.1) is 12.8 Å². The van der Waals surface area contributed by atoms with Crippen molar-refractivity contribution in [2.24, 2.45) is 0 Å². The van der Waals surface area contributed by atoms with Gasteiger partial charge in [-0.1, -0.05) is 36.5 Å². The highest BCUT2D eigenvalue weighted by molar-refractivity contribution is 7.71. The summed E-state index contributed by atoms with van der Waals surface area (Å²) in [4.78, 5) is 0.